The highest BCUT2D eigenvalue weighted by Gasteiger charge is 2.19. The molecule has 0 bridgehead atoms. The van der Waals surface area contributed by atoms with Crippen LogP contribution in [0.5, 0.6) is 0 Å². The second kappa shape index (κ2) is 6.53. The van der Waals surface area contributed by atoms with Gasteiger partial charge in [-0.05, 0) is 5.56 Å². The maximum atomic E-state index is 11.0. The van der Waals surface area contributed by atoms with Crippen molar-refractivity contribution in [2.75, 3.05) is 0 Å². The molecule has 3 N–H and O–H groups in total. The van der Waals surface area contributed by atoms with Crippen molar-refractivity contribution in [3.63, 3.8) is 0 Å². The highest BCUT2D eigenvalue weighted by Crippen LogP contribution is 2.13. The number of benzene rings is 1. The number of carboxylic acids is 1. The van der Waals surface area contributed by atoms with E-state index in [2.05, 4.69) is 15.7 Å². The summed E-state index contributed by atoms with van der Waals surface area (Å²) < 4.78 is 0. The summed E-state index contributed by atoms with van der Waals surface area (Å²) in [6.07, 6.45) is 1.26. The lowest BCUT2D eigenvalue weighted by Gasteiger charge is -1.99. The smallest absolute Gasteiger partial charge is 0.370 e. The first-order valence-electron chi connectivity index (χ1n) is 4.69. The van der Waals surface area contributed by atoms with Crippen LogP contribution < -0.4 is 5.90 Å². The van der Waals surface area contributed by atoms with Gasteiger partial charge in [0.1, 0.15) is 0 Å². The van der Waals surface area contributed by atoms with Crippen LogP contribution in [0.2, 0.25) is 0 Å². The van der Waals surface area contributed by atoms with Gasteiger partial charge in [-0.2, -0.15) is 5.90 Å². The summed E-state index contributed by atoms with van der Waals surface area (Å²) in [5.41, 5.74) is 0.0119. The van der Waals surface area contributed by atoms with Crippen LogP contribution in [0.4, 0.5) is 0 Å². The van der Waals surface area contributed by atoms with E-state index in [-0.39, 0.29) is 0 Å². The molecule has 0 atom stereocenters. The molecule has 0 radical (unpaired) electrons. The molecular formula is C11H9ClN2O4. The number of rotatable bonds is 4. The summed E-state index contributed by atoms with van der Waals surface area (Å²) in [5, 5.41) is 8.16. The third-order valence-corrected chi connectivity index (χ3v) is 2.17. The average molecular weight is 269 g/mol. The first kappa shape index (κ1) is 13.9. The molecular weight excluding hydrogens is 260 g/mol. The van der Waals surface area contributed by atoms with E-state index >= 15 is 0 Å². The Kier molecular flexibility index (Phi) is 5.04. The van der Waals surface area contributed by atoms with Crippen molar-refractivity contribution in [1.82, 2.24) is 0 Å². The summed E-state index contributed by atoms with van der Waals surface area (Å²) in [5.74, 6) is 1.98. The molecule has 0 aliphatic heterocycles. The number of nitrogens with two attached hydrogens (primary N) is 1. The molecule has 6 nitrogen and oxygen atoms in total. The van der Waals surface area contributed by atoms with Crippen molar-refractivity contribution < 1.29 is 19.5 Å². The molecule has 0 spiro atoms. The van der Waals surface area contributed by atoms with E-state index in [1.807, 2.05) is 0 Å². The standard InChI is InChI=1S/C11H9ClN2O4/c12-8(11(17)18-13)9(10(15)16)14-6-7-4-2-1-3-5-7/h1-6H,13H2,(H,15,16). The zero-order chi connectivity index (χ0) is 13.5. The summed E-state index contributed by atoms with van der Waals surface area (Å²) in [6.45, 7) is 0. The van der Waals surface area contributed by atoms with Crippen molar-refractivity contribution in [1.29, 1.82) is 0 Å². The number of carbonyl (C=O) groups excluding carboxylic acids is 1. The van der Waals surface area contributed by atoms with Crippen LogP contribution >= 0.6 is 11.6 Å². The normalized spacial score (nSPS) is 12.1. The number of carbonyl (C=O) groups is 2. The molecule has 1 aromatic carbocycles. The van der Waals surface area contributed by atoms with Gasteiger partial charge in [-0.25, -0.2) is 14.6 Å². The lowest BCUT2D eigenvalue weighted by Crippen LogP contribution is -2.13. The number of hydrogen-bond acceptors (Lipinski definition) is 5. The molecule has 0 aromatic heterocycles. The monoisotopic (exact) mass is 268 g/mol. The maximum Gasteiger partial charge on any atom is 0.370 e. The van der Waals surface area contributed by atoms with Crippen molar-refractivity contribution in [3.05, 3.63) is 46.6 Å². The van der Waals surface area contributed by atoms with E-state index in [9.17, 15) is 9.59 Å². The van der Waals surface area contributed by atoms with Crippen molar-refractivity contribution in [2.24, 2.45) is 10.9 Å². The van der Waals surface area contributed by atoms with Crippen LogP contribution in [0.1, 0.15) is 5.56 Å². The van der Waals surface area contributed by atoms with Gasteiger partial charge in [-0.1, -0.05) is 41.9 Å². The molecule has 1 rings (SSSR count). The van der Waals surface area contributed by atoms with Crippen LogP contribution in [0.3, 0.4) is 0 Å². The third-order valence-electron chi connectivity index (χ3n) is 1.84. The summed E-state index contributed by atoms with van der Waals surface area (Å²) in [6, 6.07) is 8.71. The van der Waals surface area contributed by atoms with Gasteiger partial charge < -0.3 is 9.94 Å². The summed E-state index contributed by atoms with van der Waals surface area (Å²) in [4.78, 5) is 29.3. The topological polar surface area (TPSA) is 102 Å². The minimum Gasteiger partial charge on any atom is -0.476 e. The summed E-state index contributed by atoms with van der Waals surface area (Å²) >= 11 is 5.49. The lowest BCUT2D eigenvalue weighted by atomic mass is 10.2. The molecule has 0 aliphatic carbocycles. The zero-order valence-corrected chi connectivity index (χ0v) is 9.79. The van der Waals surface area contributed by atoms with Gasteiger partial charge in [-0.3, -0.25) is 0 Å². The van der Waals surface area contributed by atoms with Gasteiger partial charge in [0.2, 0.25) is 0 Å². The molecule has 0 saturated carbocycles. The number of nitrogens with zero attached hydrogens (tertiary/aromatic N) is 1. The number of aliphatic imine (C=N–C) groups is 1. The Morgan fingerprint density at radius 1 is 1.33 bits per heavy atom. The predicted octanol–water partition coefficient (Wildman–Crippen LogP) is 1.06. The molecule has 0 aliphatic rings. The van der Waals surface area contributed by atoms with Crippen LogP contribution in [0.15, 0.2) is 46.1 Å². The number of aliphatic carboxylic acids is 1. The fraction of sp³-hybridized carbons (Fsp3) is 0. The highest BCUT2D eigenvalue weighted by atomic mass is 35.5. The Bertz CT molecular complexity index is 511. The Labute approximate surface area is 107 Å². The quantitative estimate of drug-likeness (QED) is 0.483. The third kappa shape index (κ3) is 3.69. The Hall–Kier alpha value is -2.18. The molecule has 0 heterocycles. The van der Waals surface area contributed by atoms with Crippen molar-refractivity contribution in [2.45, 2.75) is 0 Å². The molecule has 1 aromatic rings. The summed E-state index contributed by atoms with van der Waals surface area (Å²) in [7, 11) is 0. The van der Waals surface area contributed by atoms with Crippen LogP contribution in [-0.4, -0.2) is 23.3 Å². The number of hydrogen-bond donors (Lipinski definition) is 2. The highest BCUT2D eigenvalue weighted by molar-refractivity contribution is 6.43. The van der Waals surface area contributed by atoms with Gasteiger partial charge in [0, 0.05) is 6.21 Å². The van der Waals surface area contributed by atoms with E-state index < -0.39 is 22.7 Å². The lowest BCUT2D eigenvalue weighted by molar-refractivity contribution is -0.140. The number of carboxylic acid groups (broad SMARTS) is 1. The average Bonchev–Trinajstić information content (AvgIpc) is 2.38. The molecule has 0 saturated heterocycles. The molecule has 7 heteroatoms. The second-order valence-corrected chi connectivity index (χ2v) is 3.42. The zero-order valence-electron chi connectivity index (χ0n) is 9.04. The van der Waals surface area contributed by atoms with E-state index in [0.29, 0.717) is 5.56 Å². The molecule has 0 amide bonds. The molecule has 94 valence electrons. The molecule has 0 unspecified atom stereocenters. The number of halogens is 1. The van der Waals surface area contributed by atoms with E-state index in [0.717, 1.165) is 0 Å². The second-order valence-electron chi connectivity index (χ2n) is 3.04. The SMILES string of the molecule is NOC(=O)C(Cl)=C(N=Cc1ccccc1)C(=O)O. The first-order chi connectivity index (χ1) is 8.56. The molecule has 18 heavy (non-hydrogen) atoms. The maximum absolute atomic E-state index is 11.0. The van der Waals surface area contributed by atoms with Gasteiger partial charge >= 0.3 is 11.9 Å². The van der Waals surface area contributed by atoms with Gasteiger partial charge in [-0.15, -0.1) is 0 Å². The fourth-order valence-electron chi connectivity index (χ4n) is 1.03. The Morgan fingerprint density at radius 3 is 2.44 bits per heavy atom. The minimum absolute atomic E-state index is 0.643. The fourth-order valence-corrected chi connectivity index (χ4v) is 1.21. The van der Waals surface area contributed by atoms with Gasteiger partial charge in [0.25, 0.3) is 0 Å². The minimum atomic E-state index is -1.46. The van der Waals surface area contributed by atoms with Gasteiger partial charge in [0.15, 0.2) is 10.7 Å². The van der Waals surface area contributed by atoms with Crippen LogP contribution in [-0.2, 0) is 14.4 Å². The van der Waals surface area contributed by atoms with E-state index in [1.54, 1.807) is 30.3 Å². The van der Waals surface area contributed by atoms with Crippen molar-refractivity contribution >= 4 is 29.8 Å². The van der Waals surface area contributed by atoms with Crippen LogP contribution in [0, 0.1) is 0 Å². The van der Waals surface area contributed by atoms with Gasteiger partial charge in [0.05, 0.1) is 0 Å². The molecule has 0 fully saturated rings. The Balaban J connectivity index is 3.06. The first-order valence-corrected chi connectivity index (χ1v) is 5.07. The van der Waals surface area contributed by atoms with Crippen LogP contribution in [0.25, 0.3) is 0 Å². The van der Waals surface area contributed by atoms with E-state index in [1.165, 1.54) is 6.21 Å². The van der Waals surface area contributed by atoms with E-state index in [4.69, 9.17) is 16.7 Å². The van der Waals surface area contributed by atoms with Crippen molar-refractivity contribution in [3.8, 4) is 0 Å². The Morgan fingerprint density at radius 2 is 1.94 bits per heavy atom. The largest absolute Gasteiger partial charge is 0.476 e. The predicted molar refractivity (Wildman–Crippen MR) is 64.8 cm³/mol.